The van der Waals surface area contributed by atoms with E-state index >= 15 is 0 Å². The van der Waals surface area contributed by atoms with E-state index in [1.807, 2.05) is 44.2 Å². The number of carbonyl (C=O) groups excluding carboxylic acids is 1. The maximum absolute atomic E-state index is 12.4. The van der Waals surface area contributed by atoms with E-state index in [1.165, 1.54) is 0 Å². The second-order valence-corrected chi connectivity index (χ2v) is 6.38. The van der Waals surface area contributed by atoms with Crippen molar-refractivity contribution in [2.75, 3.05) is 24.9 Å². The van der Waals surface area contributed by atoms with Crippen LogP contribution in [-0.4, -0.2) is 25.1 Å². The first-order valence-corrected chi connectivity index (χ1v) is 8.84. The van der Waals surface area contributed by atoms with E-state index in [9.17, 15) is 4.79 Å². The Labute approximate surface area is 164 Å². The van der Waals surface area contributed by atoms with Crippen molar-refractivity contribution < 1.29 is 14.3 Å². The molecule has 28 heavy (non-hydrogen) atoms. The summed E-state index contributed by atoms with van der Waals surface area (Å²) in [6.07, 6.45) is 1.61. The molecule has 0 aliphatic heterocycles. The zero-order valence-corrected chi connectivity index (χ0v) is 16.4. The van der Waals surface area contributed by atoms with Gasteiger partial charge >= 0.3 is 0 Å². The lowest BCUT2D eigenvalue weighted by atomic mass is 10.1. The Morgan fingerprint density at radius 3 is 2.39 bits per heavy atom. The van der Waals surface area contributed by atoms with Gasteiger partial charge in [0.25, 0.3) is 5.91 Å². The summed E-state index contributed by atoms with van der Waals surface area (Å²) < 4.78 is 10.6. The molecule has 1 aromatic heterocycles. The highest BCUT2D eigenvalue weighted by molar-refractivity contribution is 6.04. The van der Waals surface area contributed by atoms with Crippen LogP contribution in [0.25, 0.3) is 0 Å². The number of nitrogens with zero attached hydrogens (tertiary/aromatic N) is 1. The quantitative estimate of drug-likeness (QED) is 0.651. The average Bonchev–Trinajstić information content (AvgIpc) is 2.71. The van der Waals surface area contributed by atoms with Gasteiger partial charge in [0.1, 0.15) is 17.3 Å². The fraction of sp³-hybridized carbons (Fsp3) is 0.182. The number of hydrogen-bond acceptors (Lipinski definition) is 5. The van der Waals surface area contributed by atoms with E-state index in [0.717, 1.165) is 16.8 Å². The first-order valence-electron chi connectivity index (χ1n) is 8.84. The van der Waals surface area contributed by atoms with Gasteiger partial charge in [-0.05, 0) is 61.4 Å². The molecule has 0 spiro atoms. The molecule has 2 N–H and O–H groups in total. The van der Waals surface area contributed by atoms with Crippen LogP contribution in [0.3, 0.4) is 0 Å². The largest absolute Gasteiger partial charge is 0.497 e. The van der Waals surface area contributed by atoms with Crippen molar-refractivity contribution in [1.29, 1.82) is 0 Å². The Balaban J connectivity index is 1.70. The number of carbonyl (C=O) groups is 1. The van der Waals surface area contributed by atoms with Crippen molar-refractivity contribution >= 4 is 23.1 Å². The van der Waals surface area contributed by atoms with Gasteiger partial charge in [0.15, 0.2) is 0 Å². The van der Waals surface area contributed by atoms with Crippen LogP contribution in [0, 0.1) is 13.8 Å². The highest BCUT2D eigenvalue weighted by atomic mass is 16.5. The summed E-state index contributed by atoms with van der Waals surface area (Å²) in [4.78, 5) is 16.8. The van der Waals surface area contributed by atoms with Crippen molar-refractivity contribution in [2.24, 2.45) is 0 Å². The fourth-order valence-corrected chi connectivity index (χ4v) is 2.67. The van der Waals surface area contributed by atoms with E-state index < -0.39 is 0 Å². The van der Waals surface area contributed by atoms with Gasteiger partial charge in [0.05, 0.1) is 31.8 Å². The van der Waals surface area contributed by atoms with Crippen molar-refractivity contribution in [3.05, 3.63) is 71.4 Å². The molecule has 0 saturated carbocycles. The molecule has 6 nitrogen and oxygen atoms in total. The van der Waals surface area contributed by atoms with Gasteiger partial charge in [0.2, 0.25) is 0 Å². The van der Waals surface area contributed by atoms with Crippen molar-refractivity contribution in [3.8, 4) is 11.5 Å². The van der Waals surface area contributed by atoms with Gasteiger partial charge in [0, 0.05) is 11.6 Å². The molecule has 3 rings (SSSR count). The minimum absolute atomic E-state index is 0.164. The predicted octanol–water partition coefficient (Wildman–Crippen LogP) is 4.71. The molecule has 1 amide bonds. The number of benzene rings is 2. The summed E-state index contributed by atoms with van der Waals surface area (Å²) in [6.45, 7) is 4.01. The van der Waals surface area contributed by atoms with Crippen molar-refractivity contribution in [1.82, 2.24) is 4.98 Å². The van der Waals surface area contributed by atoms with Crippen LogP contribution in [0.4, 0.5) is 17.2 Å². The highest BCUT2D eigenvalue weighted by Crippen LogP contribution is 2.31. The summed E-state index contributed by atoms with van der Waals surface area (Å²) in [6, 6.07) is 14.7. The van der Waals surface area contributed by atoms with Gasteiger partial charge in [-0.25, -0.2) is 4.98 Å². The van der Waals surface area contributed by atoms with Crippen LogP contribution in [-0.2, 0) is 0 Å². The van der Waals surface area contributed by atoms with Crippen LogP contribution < -0.4 is 20.1 Å². The Morgan fingerprint density at radius 2 is 1.75 bits per heavy atom. The van der Waals surface area contributed by atoms with Crippen LogP contribution >= 0.6 is 0 Å². The molecule has 6 heteroatoms. The minimum Gasteiger partial charge on any atom is -0.497 e. The molecular weight excluding hydrogens is 354 g/mol. The Morgan fingerprint density at radius 1 is 0.929 bits per heavy atom. The van der Waals surface area contributed by atoms with Gasteiger partial charge in [-0.1, -0.05) is 6.07 Å². The number of aromatic nitrogens is 1. The van der Waals surface area contributed by atoms with Crippen molar-refractivity contribution in [2.45, 2.75) is 13.8 Å². The molecule has 2 aromatic carbocycles. The zero-order chi connectivity index (χ0) is 20.1. The highest BCUT2D eigenvalue weighted by Gasteiger charge is 2.09. The number of amides is 1. The third-order valence-electron chi connectivity index (χ3n) is 4.46. The molecule has 0 unspecified atom stereocenters. The SMILES string of the molecule is COc1ccc(Nc2ccc(NC(=O)c3ccc(C)c(C)c3)cn2)c(OC)c1. The topological polar surface area (TPSA) is 72.5 Å². The molecule has 0 aliphatic carbocycles. The Bertz CT molecular complexity index is 985. The molecule has 0 fully saturated rings. The van der Waals surface area contributed by atoms with Crippen molar-refractivity contribution in [3.63, 3.8) is 0 Å². The van der Waals surface area contributed by atoms with E-state index in [4.69, 9.17) is 9.47 Å². The lowest BCUT2D eigenvalue weighted by Gasteiger charge is -2.12. The van der Waals surface area contributed by atoms with Gasteiger partial charge in [-0.15, -0.1) is 0 Å². The summed E-state index contributed by atoms with van der Waals surface area (Å²) in [7, 11) is 3.20. The molecule has 144 valence electrons. The smallest absolute Gasteiger partial charge is 0.255 e. The standard InChI is InChI=1S/C22H23N3O3/c1-14-5-6-16(11-15(14)2)22(26)24-17-7-10-21(23-13-17)25-19-9-8-18(27-3)12-20(19)28-4/h5-13H,1-4H3,(H,23,25)(H,24,26). The summed E-state index contributed by atoms with van der Waals surface area (Å²) in [5.41, 5.74) is 4.24. The summed E-state index contributed by atoms with van der Waals surface area (Å²) in [5.74, 6) is 1.82. The second kappa shape index (κ2) is 8.43. The Kier molecular flexibility index (Phi) is 5.79. The van der Waals surface area contributed by atoms with Crippen LogP contribution in [0.2, 0.25) is 0 Å². The molecule has 0 bridgehead atoms. The minimum atomic E-state index is -0.164. The number of pyridine rings is 1. The first-order chi connectivity index (χ1) is 13.5. The van der Waals surface area contributed by atoms with E-state index in [0.29, 0.717) is 28.6 Å². The monoisotopic (exact) mass is 377 g/mol. The molecule has 0 aliphatic rings. The normalized spacial score (nSPS) is 10.3. The zero-order valence-electron chi connectivity index (χ0n) is 16.4. The molecule has 1 heterocycles. The number of hydrogen-bond donors (Lipinski definition) is 2. The van der Waals surface area contributed by atoms with Crippen LogP contribution in [0.15, 0.2) is 54.7 Å². The number of rotatable bonds is 6. The van der Waals surface area contributed by atoms with Crippen LogP contribution in [0.5, 0.6) is 11.5 Å². The predicted molar refractivity (Wildman–Crippen MR) is 111 cm³/mol. The number of anilines is 3. The number of nitrogens with one attached hydrogen (secondary N) is 2. The maximum atomic E-state index is 12.4. The number of ether oxygens (including phenoxy) is 2. The van der Waals surface area contributed by atoms with E-state index in [1.54, 1.807) is 38.6 Å². The third kappa shape index (κ3) is 4.40. The first kappa shape index (κ1) is 19.2. The number of methoxy groups -OCH3 is 2. The van der Waals surface area contributed by atoms with Gasteiger partial charge in [-0.3, -0.25) is 4.79 Å². The Hall–Kier alpha value is -3.54. The van der Waals surface area contributed by atoms with Gasteiger partial charge < -0.3 is 20.1 Å². The average molecular weight is 377 g/mol. The second-order valence-electron chi connectivity index (χ2n) is 6.38. The fourth-order valence-electron chi connectivity index (χ4n) is 2.67. The molecule has 0 atom stereocenters. The third-order valence-corrected chi connectivity index (χ3v) is 4.46. The molecular formula is C22H23N3O3. The maximum Gasteiger partial charge on any atom is 0.255 e. The molecule has 0 radical (unpaired) electrons. The van der Waals surface area contributed by atoms with Gasteiger partial charge in [-0.2, -0.15) is 0 Å². The lowest BCUT2D eigenvalue weighted by Crippen LogP contribution is -2.12. The van der Waals surface area contributed by atoms with E-state index in [-0.39, 0.29) is 5.91 Å². The summed E-state index contributed by atoms with van der Waals surface area (Å²) in [5, 5.41) is 6.06. The molecule has 0 saturated heterocycles. The van der Waals surface area contributed by atoms with E-state index in [2.05, 4.69) is 15.6 Å². The number of aryl methyl sites for hydroxylation is 2. The summed E-state index contributed by atoms with van der Waals surface area (Å²) >= 11 is 0. The van der Waals surface area contributed by atoms with Crippen LogP contribution in [0.1, 0.15) is 21.5 Å². The molecule has 3 aromatic rings. The lowest BCUT2D eigenvalue weighted by molar-refractivity contribution is 0.102.